The number of amides is 1. The molecule has 1 amide bonds. The number of nitrogens with zero attached hydrogens (tertiary/aromatic N) is 2. The summed E-state index contributed by atoms with van der Waals surface area (Å²) in [5.41, 5.74) is 2.36. The minimum atomic E-state index is -2.70. The van der Waals surface area contributed by atoms with E-state index in [1.54, 1.807) is 0 Å². The number of primary amides is 1. The van der Waals surface area contributed by atoms with Gasteiger partial charge in [-0.05, 0) is 63.0 Å². The molecule has 0 saturated heterocycles. The van der Waals surface area contributed by atoms with E-state index in [2.05, 4.69) is 0 Å². The Bertz CT molecular complexity index is 1300. The maximum Gasteiger partial charge on any atom is 0.255 e. The number of Topliss-reactive ketones (excluding diaryl/α,β-unsaturated/α-hetero) is 2. The lowest BCUT2D eigenvalue weighted by Gasteiger charge is -2.50. The Morgan fingerprint density at radius 2 is 1.90 bits per heavy atom. The number of carbonyl (C=O) groups is 3. The maximum absolute atomic E-state index is 13.8. The first-order chi connectivity index (χ1) is 18.3. The van der Waals surface area contributed by atoms with Gasteiger partial charge in [-0.15, -0.1) is 0 Å². The fourth-order valence-corrected chi connectivity index (χ4v) is 6.69. The number of phenolic OH excluding ortho intramolecular Hbond substituents is 1. The summed E-state index contributed by atoms with van der Waals surface area (Å²) in [6.07, 6.45) is 0.836. The third-order valence-corrected chi connectivity index (χ3v) is 8.53. The second-order valence-corrected chi connectivity index (χ2v) is 11.0. The molecule has 0 radical (unpaired) electrons. The van der Waals surface area contributed by atoms with Crippen LogP contribution in [0, 0.1) is 11.8 Å². The van der Waals surface area contributed by atoms with Crippen LogP contribution in [0.5, 0.6) is 5.75 Å². The van der Waals surface area contributed by atoms with Crippen LogP contribution in [0.3, 0.4) is 0 Å². The normalized spacial score (nSPS) is 26.7. The molecule has 0 aliphatic heterocycles. The number of nitrogens with two attached hydrogens (primary N) is 1. The van der Waals surface area contributed by atoms with E-state index in [4.69, 9.17) is 17.3 Å². The van der Waals surface area contributed by atoms with Crippen molar-refractivity contribution >= 4 is 34.8 Å². The average Bonchev–Trinajstić information content (AvgIpc) is 2.84. The number of benzene rings is 1. The van der Waals surface area contributed by atoms with Crippen molar-refractivity contribution < 1.29 is 39.2 Å². The molecule has 1 fully saturated rings. The molecule has 3 aliphatic carbocycles. The molecule has 10 nitrogen and oxygen atoms in total. The first-order valence-corrected chi connectivity index (χ1v) is 13.1. The number of likely N-dealkylation sites (N-methyl/N-ethyl adjacent to an activating group) is 1. The molecule has 1 saturated carbocycles. The number of fused-ring (bicyclic) bond motifs is 3. The van der Waals surface area contributed by atoms with Crippen molar-refractivity contribution in [1.82, 2.24) is 9.80 Å². The van der Waals surface area contributed by atoms with Crippen LogP contribution in [0.4, 0.5) is 4.39 Å². The Morgan fingerprint density at radius 1 is 1.23 bits per heavy atom. The Morgan fingerprint density at radius 3 is 2.46 bits per heavy atom. The first-order valence-electron chi connectivity index (χ1n) is 12.8. The molecule has 1 aromatic rings. The van der Waals surface area contributed by atoms with E-state index in [0.29, 0.717) is 17.7 Å². The number of alkyl halides is 1. The zero-order valence-corrected chi connectivity index (χ0v) is 22.8. The van der Waals surface area contributed by atoms with Gasteiger partial charge in [0.15, 0.2) is 11.4 Å². The van der Waals surface area contributed by atoms with E-state index in [-0.39, 0.29) is 47.8 Å². The van der Waals surface area contributed by atoms with Crippen molar-refractivity contribution in [2.75, 3.05) is 33.9 Å². The van der Waals surface area contributed by atoms with Crippen LogP contribution in [0.25, 0.3) is 5.76 Å². The molecule has 12 heteroatoms. The van der Waals surface area contributed by atoms with Gasteiger partial charge in [0.2, 0.25) is 5.78 Å². The lowest BCUT2D eigenvalue weighted by molar-refractivity contribution is -0.153. The van der Waals surface area contributed by atoms with Gasteiger partial charge in [0.25, 0.3) is 5.91 Å². The Hall–Kier alpha value is -2.99. The second kappa shape index (κ2) is 10.5. The summed E-state index contributed by atoms with van der Waals surface area (Å²) in [7, 11) is 3.07. The zero-order chi connectivity index (χ0) is 29.0. The molecule has 1 unspecified atom stereocenters. The van der Waals surface area contributed by atoms with Crippen molar-refractivity contribution in [1.29, 1.82) is 0 Å². The van der Waals surface area contributed by atoms with Crippen LogP contribution < -0.4 is 5.73 Å². The van der Waals surface area contributed by atoms with Crippen molar-refractivity contribution in [3.05, 3.63) is 44.7 Å². The number of aliphatic hydroxyl groups excluding tert-OH is 2. The van der Waals surface area contributed by atoms with E-state index in [1.165, 1.54) is 25.1 Å². The summed E-state index contributed by atoms with van der Waals surface area (Å²) in [6.45, 7) is 2.44. The lowest BCUT2D eigenvalue weighted by atomic mass is 9.57. The van der Waals surface area contributed by atoms with E-state index in [1.807, 2.05) is 11.8 Å². The maximum atomic E-state index is 13.8. The van der Waals surface area contributed by atoms with Gasteiger partial charge in [0, 0.05) is 29.6 Å². The third-order valence-electron chi connectivity index (χ3n) is 8.06. The molecule has 4 atom stereocenters. The van der Waals surface area contributed by atoms with Crippen LogP contribution in [0.2, 0.25) is 5.02 Å². The fraction of sp³-hybridized carbons (Fsp3) is 0.519. The molecule has 0 heterocycles. The highest BCUT2D eigenvalue weighted by molar-refractivity contribution is 6.32. The summed E-state index contributed by atoms with van der Waals surface area (Å²) >= 11 is 6.76. The van der Waals surface area contributed by atoms with Crippen molar-refractivity contribution in [2.45, 2.75) is 44.4 Å². The molecule has 0 spiro atoms. The van der Waals surface area contributed by atoms with Gasteiger partial charge in [-0.1, -0.05) is 18.5 Å². The molecule has 39 heavy (non-hydrogen) atoms. The zero-order valence-electron chi connectivity index (χ0n) is 22.0. The third kappa shape index (κ3) is 4.41. The van der Waals surface area contributed by atoms with E-state index in [0.717, 1.165) is 6.42 Å². The largest absolute Gasteiger partial charge is 0.508 e. The number of phenols is 1. The minimum absolute atomic E-state index is 0.0309. The van der Waals surface area contributed by atoms with Gasteiger partial charge in [-0.25, -0.2) is 4.39 Å². The lowest BCUT2D eigenvalue weighted by Crippen LogP contribution is -2.65. The molecule has 4 rings (SSSR count). The van der Waals surface area contributed by atoms with Crippen LogP contribution in [0.1, 0.15) is 36.5 Å². The number of carbonyl (C=O) groups excluding carboxylic acids is 3. The Labute approximate surface area is 230 Å². The molecule has 0 bridgehead atoms. The standard InChI is InChI=1S/C27H33ClFN3O7/c1-4-6-32(7-5-29)11-13-10-16(33)18-14(20(13)28)8-12-9-15-21(31(2)3)23(35)19(26(30)38)25(37)27(15,39)24(36)17(12)22(18)34/h10,12,15,21,33-34,37,39H,4-9,11H2,1-3H3,(H2,30,38)/t12-,15-,21-,27?/m0/s1. The van der Waals surface area contributed by atoms with E-state index >= 15 is 0 Å². The van der Waals surface area contributed by atoms with Gasteiger partial charge in [-0.2, -0.15) is 0 Å². The number of aliphatic hydroxyl groups is 3. The van der Waals surface area contributed by atoms with Crippen molar-refractivity contribution in [2.24, 2.45) is 17.6 Å². The SMILES string of the molecule is CCCN(CCF)Cc1cc(O)c2c(c1Cl)C[C@H]1C[C@H]3[C@H](N(C)C)C(=O)C(C(N)=O)=C(O)C3(O)C(=O)C1=C2O. The average molecular weight is 566 g/mol. The highest BCUT2D eigenvalue weighted by Gasteiger charge is 2.64. The molecule has 3 aliphatic rings. The van der Waals surface area contributed by atoms with E-state index < -0.39 is 64.7 Å². The Balaban J connectivity index is 1.87. The highest BCUT2D eigenvalue weighted by Crippen LogP contribution is 2.53. The molecular formula is C27H33ClFN3O7. The molecule has 6 N–H and O–H groups in total. The molecule has 0 aromatic heterocycles. The van der Waals surface area contributed by atoms with Gasteiger partial charge < -0.3 is 26.2 Å². The summed E-state index contributed by atoms with van der Waals surface area (Å²) in [4.78, 5) is 42.4. The predicted octanol–water partition coefficient (Wildman–Crippen LogP) is 1.80. The number of halogens is 2. The predicted molar refractivity (Wildman–Crippen MR) is 141 cm³/mol. The quantitative estimate of drug-likeness (QED) is 0.295. The molecular weight excluding hydrogens is 533 g/mol. The van der Waals surface area contributed by atoms with Crippen LogP contribution in [-0.2, 0) is 27.3 Å². The first kappa shape index (κ1) is 29.0. The van der Waals surface area contributed by atoms with E-state index in [9.17, 15) is 39.2 Å². The smallest absolute Gasteiger partial charge is 0.255 e. The van der Waals surface area contributed by atoms with Crippen molar-refractivity contribution in [3.8, 4) is 5.75 Å². The Kier molecular flexibility index (Phi) is 7.83. The summed E-state index contributed by atoms with van der Waals surface area (Å²) in [5, 5.41) is 44.9. The number of rotatable bonds is 8. The number of aromatic hydroxyl groups is 1. The number of hydrogen-bond donors (Lipinski definition) is 5. The summed E-state index contributed by atoms with van der Waals surface area (Å²) in [5.74, 6) is -7.18. The topological polar surface area (TPSA) is 165 Å². The van der Waals surface area contributed by atoms with Crippen LogP contribution in [0.15, 0.2) is 23.0 Å². The number of ketones is 2. The molecule has 1 aromatic carbocycles. The van der Waals surface area contributed by atoms with Gasteiger partial charge in [0.1, 0.15) is 29.5 Å². The monoisotopic (exact) mass is 565 g/mol. The molecule has 212 valence electrons. The second-order valence-electron chi connectivity index (χ2n) is 10.6. The minimum Gasteiger partial charge on any atom is -0.508 e. The summed E-state index contributed by atoms with van der Waals surface area (Å²) in [6, 6.07) is 0.189. The van der Waals surface area contributed by atoms with Crippen LogP contribution in [-0.4, -0.2) is 93.2 Å². The van der Waals surface area contributed by atoms with Gasteiger partial charge in [0.05, 0.1) is 11.6 Å². The summed E-state index contributed by atoms with van der Waals surface area (Å²) < 4.78 is 13.1. The van der Waals surface area contributed by atoms with Gasteiger partial charge >= 0.3 is 0 Å². The van der Waals surface area contributed by atoms with Crippen LogP contribution >= 0.6 is 11.6 Å². The van der Waals surface area contributed by atoms with Crippen molar-refractivity contribution in [3.63, 3.8) is 0 Å². The fourth-order valence-electron chi connectivity index (χ4n) is 6.41. The number of hydrogen-bond acceptors (Lipinski definition) is 9. The highest BCUT2D eigenvalue weighted by atomic mass is 35.5. The van der Waals surface area contributed by atoms with Gasteiger partial charge in [-0.3, -0.25) is 24.2 Å².